The van der Waals surface area contributed by atoms with Crippen LogP contribution in [0.2, 0.25) is 0 Å². The number of amides is 1. The van der Waals surface area contributed by atoms with Crippen molar-refractivity contribution in [2.45, 2.75) is 20.3 Å². The Morgan fingerprint density at radius 1 is 0.972 bits per heavy atom. The van der Waals surface area contributed by atoms with Crippen molar-refractivity contribution < 1.29 is 4.79 Å². The summed E-state index contributed by atoms with van der Waals surface area (Å²) in [5.74, 6) is -0.0337. The van der Waals surface area contributed by atoms with Crippen LogP contribution in [0, 0.1) is 13.8 Å². The van der Waals surface area contributed by atoms with Crippen LogP contribution in [-0.2, 0) is 0 Å². The first kappa shape index (κ1) is 26.2. The lowest BCUT2D eigenvalue weighted by atomic mass is 10.1. The van der Waals surface area contributed by atoms with Gasteiger partial charge >= 0.3 is 0 Å². The Bertz CT molecular complexity index is 1510. The molecule has 0 N–H and O–H groups in total. The highest BCUT2D eigenvalue weighted by atomic mass is 35.5. The number of para-hydroxylation sites is 1. The quantitative estimate of drug-likeness (QED) is 0.220. The van der Waals surface area contributed by atoms with E-state index in [2.05, 4.69) is 45.0 Å². The molecule has 8 heteroatoms. The molecule has 5 aromatic rings. The first-order valence-corrected chi connectivity index (χ1v) is 13.4. The number of carbonyl (C=O) groups is 1. The fourth-order valence-electron chi connectivity index (χ4n) is 4.35. The molecule has 186 valence electrons. The highest BCUT2D eigenvalue weighted by Gasteiger charge is 2.24. The van der Waals surface area contributed by atoms with Gasteiger partial charge in [-0.3, -0.25) is 9.69 Å². The molecule has 0 aliphatic carbocycles. The summed E-state index contributed by atoms with van der Waals surface area (Å²) in [6.45, 7) is 5.67. The summed E-state index contributed by atoms with van der Waals surface area (Å²) in [5.41, 5.74) is 5.63. The van der Waals surface area contributed by atoms with Crippen molar-refractivity contribution in [3.8, 4) is 10.6 Å². The molecule has 3 heterocycles. The van der Waals surface area contributed by atoms with E-state index in [1.54, 1.807) is 22.7 Å². The second kappa shape index (κ2) is 11.0. The number of carbonyl (C=O) groups excluding carboxylic acids is 1. The maximum Gasteiger partial charge on any atom is 0.260 e. The zero-order valence-electron chi connectivity index (χ0n) is 20.8. The number of aromatic nitrogens is 2. The molecule has 0 unspecified atom stereocenters. The molecule has 0 bridgehead atoms. The summed E-state index contributed by atoms with van der Waals surface area (Å²) >= 11 is 3.22. The molecular formula is C28H29ClN4OS2. The number of anilines is 1. The monoisotopic (exact) mass is 536 g/mol. The SMILES string of the molecule is Cc1cc(C)c2nc(N(CCCN(C)C)C(=O)c3cc(-c4cccs4)nc4ccccc34)sc2c1.Cl. The zero-order chi connectivity index (χ0) is 24.5. The number of hydrogen-bond acceptors (Lipinski definition) is 6. The van der Waals surface area contributed by atoms with Gasteiger partial charge in [-0.25, -0.2) is 9.97 Å². The van der Waals surface area contributed by atoms with Gasteiger partial charge in [0.25, 0.3) is 5.91 Å². The normalized spacial score (nSPS) is 11.2. The maximum absolute atomic E-state index is 14.2. The molecular weight excluding hydrogens is 508 g/mol. The van der Waals surface area contributed by atoms with E-state index in [9.17, 15) is 4.79 Å². The van der Waals surface area contributed by atoms with Crippen LogP contribution in [0.1, 0.15) is 27.9 Å². The van der Waals surface area contributed by atoms with Crippen LogP contribution >= 0.6 is 35.1 Å². The van der Waals surface area contributed by atoms with E-state index >= 15 is 0 Å². The number of benzene rings is 2. The van der Waals surface area contributed by atoms with Crippen molar-refractivity contribution in [1.82, 2.24) is 14.9 Å². The minimum Gasteiger partial charge on any atom is -0.309 e. The Labute approximate surface area is 225 Å². The van der Waals surface area contributed by atoms with Gasteiger partial charge < -0.3 is 4.90 Å². The number of aryl methyl sites for hydroxylation is 2. The highest BCUT2D eigenvalue weighted by Crippen LogP contribution is 2.34. The molecule has 5 rings (SSSR count). The van der Waals surface area contributed by atoms with Gasteiger partial charge in [0.05, 0.1) is 31.9 Å². The van der Waals surface area contributed by atoms with E-state index in [-0.39, 0.29) is 18.3 Å². The maximum atomic E-state index is 14.2. The Kier molecular flexibility index (Phi) is 8.05. The smallest absolute Gasteiger partial charge is 0.260 e. The Morgan fingerprint density at radius 3 is 2.53 bits per heavy atom. The molecule has 0 spiro atoms. The Hall–Kier alpha value is -2.84. The highest BCUT2D eigenvalue weighted by molar-refractivity contribution is 7.22. The number of hydrogen-bond donors (Lipinski definition) is 0. The van der Waals surface area contributed by atoms with E-state index in [1.807, 2.05) is 52.7 Å². The van der Waals surface area contributed by atoms with Gasteiger partial charge in [0.15, 0.2) is 5.13 Å². The Morgan fingerprint density at radius 2 is 1.78 bits per heavy atom. The summed E-state index contributed by atoms with van der Waals surface area (Å²) < 4.78 is 1.11. The van der Waals surface area contributed by atoms with Crippen LogP contribution in [-0.4, -0.2) is 48.0 Å². The van der Waals surface area contributed by atoms with Crippen LogP contribution < -0.4 is 4.90 Å². The molecule has 0 aliphatic rings. The third-order valence-electron chi connectivity index (χ3n) is 6.00. The van der Waals surface area contributed by atoms with Crippen LogP contribution in [0.25, 0.3) is 31.7 Å². The first-order chi connectivity index (χ1) is 16.9. The zero-order valence-corrected chi connectivity index (χ0v) is 23.3. The van der Waals surface area contributed by atoms with Crippen LogP contribution in [0.4, 0.5) is 5.13 Å². The van der Waals surface area contributed by atoms with Gasteiger partial charge in [-0.05, 0) is 81.7 Å². The molecule has 0 saturated carbocycles. The van der Waals surface area contributed by atoms with Gasteiger partial charge in [-0.15, -0.1) is 23.7 Å². The largest absolute Gasteiger partial charge is 0.309 e. The van der Waals surface area contributed by atoms with Crippen LogP contribution in [0.3, 0.4) is 0 Å². The van der Waals surface area contributed by atoms with E-state index < -0.39 is 0 Å². The number of pyridine rings is 1. The third kappa shape index (κ3) is 5.30. The van der Waals surface area contributed by atoms with Gasteiger partial charge in [0.2, 0.25) is 0 Å². The van der Waals surface area contributed by atoms with Crippen molar-refractivity contribution in [3.63, 3.8) is 0 Å². The van der Waals surface area contributed by atoms with E-state index in [0.29, 0.717) is 12.1 Å². The molecule has 1 amide bonds. The number of thiazole rings is 1. The lowest BCUT2D eigenvalue weighted by Crippen LogP contribution is -2.33. The molecule has 0 radical (unpaired) electrons. The summed E-state index contributed by atoms with van der Waals surface area (Å²) in [6.07, 6.45) is 0.855. The summed E-state index contributed by atoms with van der Waals surface area (Å²) in [4.78, 5) is 29.1. The topological polar surface area (TPSA) is 49.3 Å². The predicted molar refractivity (Wildman–Crippen MR) is 156 cm³/mol. The average Bonchev–Trinajstić information content (AvgIpc) is 3.51. The molecule has 3 aromatic heterocycles. The second-order valence-corrected chi connectivity index (χ2v) is 11.0. The summed E-state index contributed by atoms with van der Waals surface area (Å²) in [6, 6.07) is 18.2. The molecule has 0 aliphatic heterocycles. The number of fused-ring (bicyclic) bond motifs is 2. The minimum atomic E-state index is -0.0337. The van der Waals surface area contributed by atoms with Gasteiger partial charge in [0.1, 0.15) is 0 Å². The van der Waals surface area contributed by atoms with Crippen LogP contribution in [0.5, 0.6) is 0 Å². The third-order valence-corrected chi connectivity index (χ3v) is 7.92. The lowest BCUT2D eigenvalue weighted by Gasteiger charge is -2.22. The van der Waals surface area contributed by atoms with Crippen LogP contribution in [0.15, 0.2) is 60.0 Å². The molecule has 0 fully saturated rings. The second-order valence-electron chi connectivity index (χ2n) is 9.09. The van der Waals surface area contributed by atoms with E-state index in [0.717, 1.165) is 55.4 Å². The number of halogens is 1. The molecule has 5 nitrogen and oxygen atoms in total. The summed E-state index contributed by atoms with van der Waals surface area (Å²) in [5, 5.41) is 3.65. The Balaban J connectivity index is 0.00000304. The molecule has 2 aromatic carbocycles. The van der Waals surface area contributed by atoms with Crippen molar-refractivity contribution >= 4 is 67.2 Å². The standard InChI is InChI=1S/C28H28N4OS2.ClH/c1-18-15-19(2)26-25(16-18)35-28(30-26)32(13-8-12-31(3)4)27(33)21-17-23(24-11-7-14-34-24)29-22-10-6-5-9-20(21)22;/h5-7,9-11,14-17H,8,12-13H2,1-4H3;1H. The average molecular weight is 537 g/mol. The van der Waals surface area contributed by atoms with Crippen molar-refractivity contribution in [3.05, 3.63) is 76.7 Å². The lowest BCUT2D eigenvalue weighted by molar-refractivity contribution is 0.0987. The molecule has 0 atom stereocenters. The van der Waals surface area contributed by atoms with Crippen molar-refractivity contribution in [2.75, 3.05) is 32.1 Å². The first-order valence-electron chi connectivity index (χ1n) is 11.7. The van der Waals surface area contributed by atoms with Crippen molar-refractivity contribution in [1.29, 1.82) is 0 Å². The fourth-order valence-corrected chi connectivity index (χ4v) is 6.20. The molecule has 0 saturated heterocycles. The summed E-state index contributed by atoms with van der Waals surface area (Å²) in [7, 11) is 4.11. The van der Waals surface area contributed by atoms with Gasteiger partial charge in [-0.1, -0.05) is 41.7 Å². The van der Waals surface area contributed by atoms with Crippen molar-refractivity contribution in [2.24, 2.45) is 0 Å². The van der Waals surface area contributed by atoms with Gasteiger partial charge in [0, 0.05) is 11.9 Å². The van der Waals surface area contributed by atoms with E-state index in [4.69, 9.17) is 9.97 Å². The number of nitrogens with zero attached hydrogens (tertiary/aromatic N) is 4. The predicted octanol–water partition coefficient (Wildman–Crippen LogP) is 7.21. The minimum absolute atomic E-state index is 0. The number of rotatable bonds is 7. The fraction of sp³-hybridized carbons (Fsp3) is 0.250. The van der Waals surface area contributed by atoms with Gasteiger partial charge in [-0.2, -0.15) is 0 Å². The van der Waals surface area contributed by atoms with E-state index in [1.165, 1.54) is 5.56 Å². The number of thiophene rings is 1. The molecule has 36 heavy (non-hydrogen) atoms.